The molecule has 0 aliphatic rings. The van der Waals surface area contributed by atoms with Gasteiger partial charge in [0.1, 0.15) is 0 Å². The molecular weight excluding hydrogens is 224 g/mol. The van der Waals surface area contributed by atoms with Crippen LogP contribution in [0.1, 0.15) is 18.4 Å². The standard InChI is InChI=1S/C11H18N2S2/c1-8-9(11(15)10(8)14)13(3)7-5-4-6-12-2/h12H,4-7H2,1-3H3. The van der Waals surface area contributed by atoms with Crippen LogP contribution in [0.4, 0.5) is 5.69 Å². The number of unbranched alkanes of at least 4 members (excludes halogenated alkanes) is 1. The Morgan fingerprint density at radius 3 is 2.40 bits per heavy atom. The van der Waals surface area contributed by atoms with E-state index in [4.69, 9.17) is 24.4 Å². The lowest BCUT2D eigenvalue weighted by molar-refractivity contribution is 0.670. The summed E-state index contributed by atoms with van der Waals surface area (Å²) in [5, 5.41) is 3.15. The Morgan fingerprint density at radius 1 is 1.20 bits per heavy atom. The largest absolute Gasteiger partial charge is 0.373 e. The molecule has 0 bridgehead atoms. The van der Waals surface area contributed by atoms with Gasteiger partial charge in [-0.3, -0.25) is 0 Å². The van der Waals surface area contributed by atoms with E-state index < -0.39 is 0 Å². The Morgan fingerprint density at radius 2 is 1.87 bits per heavy atom. The summed E-state index contributed by atoms with van der Waals surface area (Å²) in [6.45, 7) is 4.18. The summed E-state index contributed by atoms with van der Waals surface area (Å²) in [6.07, 6.45) is 2.38. The molecule has 0 heterocycles. The molecule has 4 heteroatoms. The maximum atomic E-state index is 5.23. The summed E-state index contributed by atoms with van der Waals surface area (Å²) in [7, 11) is 4.07. The van der Waals surface area contributed by atoms with E-state index in [1.54, 1.807) is 0 Å². The summed E-state index contributed by atoms with van der Waals surface area (Å²) in [5.74, 6) is 0. The third kappa shape index (κ3) is 2.83. The molecule has 0 fully saturated rings. The van der Waals surface area contributed by atoms with Gasteiger partial charge < -0.3 is 10.2 Å². The molecule has 0 atom stereocenters. The van der Waals surface area contributed by atoms with E-state index in [9.17, 15) is 0 Å². The van der Waals surface area contributed by atoms with Crippen molar-refractivity contribution in [2.75, 3.05) is 32.1 Å². The minimum Gasteiger partial charge on any atom is -0.373 e. The van der Waals surface area contributed by atoms with Crippen LogP contribution in [0, 0.1) is 15.9 Å². The van der Waals surface area contributed by atoms with Crippen molar-refractivity contribution in [3.05, 3.63) is 14.6 Å². The average molecular weight is 242 g/mol. The zero-order valence-corrected chi connectivity index (χ0v) is 11.2. The van der Waals surface area contributed by atoms with Crippen molar-refractivity contribution in [1.29, 1.82) is 0 Å². The van der Waals surface area contributed by atoms with Crippen LogP contribution in [-0.2, 0) is 0 Å². The minimum absolute atomic E-state index is 0.874. The summed E-state index contributed by atoms with van der Waals surface area (Å²) in [5.41, 5.74) is 2.37. The normalized spacial score (nSPS) is 10.9. The van der Waals surface area contributed by atoms with Gasteiger partial charge in [0.25, 0.3) is 0 Å². The molecule has 84 valence electrons. The van der Waals surface area contributed by atoms with Gasteiger partial charge in [0.2, 0.25) is 0 Å². The summed E-state index contributed by atoms with van der Waals surface area (Å²) in [6, 6.07) is 0. The fraction of sp³-hybridized carbons (Fsp3) is 0.636. The number of anilines is 1. The molecule has 0 radical (unpaired) electrons. The first-order chi connectivity index (χ1) is 7.09. The van der Waals surface area contributed by atoms with Crippen molar-refractivity contribution in [3.63, 3.8) is 0 Å². The van der Waals surface area contributed by atoms with E-state index in [1.165, 1.54) is 24.1 Å². The molecular formula is C11H18N2S2. The molecule has 15 heavy (non-hydrogen) atoms. The summed E-state index contributed by atoms with van der Waals surface area (Å²) in [4.78, 5) is 2.23. The first-order valence-electron chi connectivity index (χ1n) is 5.25. The Balaban J connectivity index is 2.45. The molecule has 0 aliphatic carbocycles. The highest BCUT2D eigenvalue weighted by Gasteiger charge is 2.13. The molecule has 0 aromatic heterocycles. The zero-order valence-electron chi connectivity index (χ0n) is 9.59. The van der Waals surface area contributed by atoms with Gasteiger partial charge in [0, 0.05) is 13.6 Å². The van der Waals surface area contributed by atoms with Gasteiger partial charge in [-0.2, -0.15) is 0 Å². The molecule has 1 aromatic rings. The average Bonchev–Trinajstić information content (AvgIpc) is 2.24. The number of nitrogens with zero attached hydrogens (tertiary/aromatic N) is 1. The smallest absolute Gasteiger partial charge is 0.0797 e. The second-order valence-corrected chi connectivity index (χ2v) is 4.68. The SMILES string of the molecule is CNCCCCN(C)c1c(C)c(=S)c1=S. The van der Waals surface area contributed by atoms with Crippen molar-refractivity contribution >= 4 is 30.1 Å². The fourth-order valence-electron chi connectivity index (χ4n) is 1.72. The van der Waals surface area contributed by atoms with Crippen LogP contribution in [-0.4, -0.2) is 27.2 Å². The van der Waals surface area contributed by atoms with E-state index in [2.05, 4.69) is 24.2 Å². The van der Waals surface area contributed by atoms with Crippen LogP contribution < -0.4 is 10.2 Å². The van der Waals surface area contributed by atoms with E-state index in [-0.39, 0.29) is 0 Å². The lowest BCUT2D eigenvalue weighted by Crippen LogP contribution is -2.22. The quantitative estimate of drug-likeness (QED) is 0.609. The predicted octanol–water partition coefficient (Wildman–Crippen LogP) is 2.77. The van der Waals surface area contributed by atoms with Gasteiger partial charge in [-0.1, -0.05) is 24.4 Å². The van der Waals surface area contributed by atoms with Crippen LogP contribution >= 0.6 is 24.4 Å². The Labute approximate surface area is 102 Å². The number of rotatable bonds is 6. The third-order valence-electron chi connectivity index (χ3n) is 2.67. The van der Waals surface area contributed by atoms with E-state index in [1.807, 2.05) is 7.05 Å². The van der Waals surface area contributed by atoms with Crippen molar-refractivity contribution in [1.82, 2.24) is 5.32 Å². The fourth-order valence-corrected chi connectivity index (χ4v) is 2.37. The van der Waals surface area contributed by atoms with E-state index >= 15 is 0 Å². The Hall–Kier alpha value is -0.320. The maximum absolute atomic E-state index is 5.23. The molecule has 0 spiro atoms. The van der Waals surface area contributed by atoms with Crippen molar-refractivity contribution < 1.29 is 0 Å². The van der Waals surface area contributed by atoms with E-state index in [0.29, 0.717) is 0 Å². The van der Waals surface area contributed by atoms with Crippen molar-refractivity contribution in [2.45, 2.75) is 19.8 Å². The van der Waals surface area contributed by atoms with Gasteiger partial charge >= 0.3 is 0 Å². The molecule has 2 nitrogen and oxygen atoms in total. The van der Waals surface area contributed by atoms with Crippen LogP contribution in [0.5, 0.6) is 0 Å². The summed E-state index contributed by atoms with van der Waals surface area (Å²) < 4.78 is 1.75. The van der Waals surface area contributed by atoms with Gasteiger partial charge in [-0.15, -0.1) is 0 Å². The molecule has 0 saturated carbocycles. The Kier molecular flexibility index (Phi) is 4.83. The van der Waals surface area contributed by atoms with Crippen molar-refractivity contribution in [2.24, 2.45) is 0 Å². The van der Waals surface area contributed by atoms with Crippen molar-refractivity contribution in [3.8, 4) is 0 Å². The van der Waals surface area contributed by atoms with E-state index in [0.717, 1.165) is 22.1 Å². The molecule has 1 rings (SSSR count). The van der Waals surface area contributed by atoms with Crippen LogP contribution in [0.2, 0.25) is 0 Å². The first-order valence-corrected chi connectivity index (χ1v) is 6.07. The highest BCUT2D eigenvalue weighted by atomic mass is 32.1. The molecule has 1 aromatic carbocycles. The molecule has 0 aliphatic heterocycles. The van der Waals surface area contributed by atoms with Crippen LogP contribution in [0.3, 0.4) is 0 Å². The topological polar surface area (TPSA) is 15.3 Å². The maximum Gasteiger partial charge on any atom is 0.0797 e. The lowest BCUT2D eigenvalue weighted by Gasteiger charge is -2.24. The second kappa shape index (κ2) is 5.68. The second-order valence-electron chi connectivity index (χ2n) is 3.86. The highest BCUT2D eigenvalue weighted by Crippen LogP contribution is 2.28. The van der Waals surface area contributed by atoms with Gasteiger partial charge in [-0.25, -0.2) is 0 Å². The first kappa shape index (κ1) is 12.7. The number of hydrogen-bond acceptors (Lipinski definition) is 4. The predicted molar refractivity (Wildman–Crippen MR) is 71.6 cm³/mol. The highest BCUT2D eigenvalue weighted by molar-refractivity contribution is 7.74. The summed E-state index contributed by atoms with van der Waals surface area (Å²) >= 11 is 10.4. The lowest BCUT2D eigenvalue weighted by atomic mass is 10.1. The number of nitrogens with one attached hydrogen (secondary N) is 1. The Bertz CT molecular complexity index is 391. The van der Waals surface area contributed by atoms with Crippen LogP contribution in [0.25, 0.3) is 0 Å². The minimum atomic E-state index is 0.874. The van der Waals surface area contributed by atoms with Crippen LogP contribution in [0.15, 0.2) is 0 Å². The monoisotopic (exact) mass is 242 g/mol. The molecule has 0 saturated heterocycles. The van der Waals surface area contributed by atoms with Gasteiger partial charge in [0.05, 0.1) is 14.7 Å². The molecule has 0 unspecified atom stereocenters. The van der Waals surface area contributed by atoms with Gasteiger partial charge in [0.15, 0.2) is 0 Å². The zero-order chi connectivity index (χ0) is 11.4. The van der Waals surface area contributed by atoms with Gasteiger partial charge in [-0.05, 0) is 38.9 Å². The number of hydrogen-bond donors (Lipinski definition) is 1. The molecule has 0 amide bonds. The molecule has 1 N–H and O–H groups in total. The third-order valence-corrected chi connectivity index (χ3v) is 3.71.